The number of benzene rings is 1. The van der Waals surface area contributed by atoms with Gasteiger partial charge in [-0.2, -0.15) is 8.42 Å². The average Bonchev–Trinajstić information content (AvgIpc) is 3.07. The van der Waals surface area contributed by atoms with Crippen molar-refractivity contribution in [3.8, 4) is 0 Å². The van der Waals surface area contributed by atoms with Gasteiger partial charge >= 0.3 is 5.97 Å². The molecular formula is C16H16N6O10S3. The molecule has 0 saturated carbocycles. The lowest BCUT2D eigenvalue weighted by atomic mass is 10.1. The van der Waals surface area contributed by atoms with E-state index in [9.17, 15) is 37.7 Å². The molecule has 0 radical (unpaired) electrons. The van der Waals surface area contributed by atoms with Crippen molar-refractivity contribution in [1.29, 1.82) is 0 Å². The Kier molecular flexibility index (Phi) is 9.84. The SMILES string of the molecule is [N-]=[N+]=Nc1ccc([N+](=O)[O-])c(C(=O)NCCSSCCC(=O)ON2C(=O)C[C@@H](S(=O)(=O)O)C2=O)c1. The van der Waals surface area contributed by atoms with Crippen LogP contribution in [0.4, 0.5) is 11.4 Å². The molecule has 1 fully saturated rings. The number of nitro benzene ring substituents is 1. The monoisotopic (exact) mass is 548 g/mol. The summed E-state index contributed by atoms with van der Waals surface area (Å²) in [5.41, 5.74) is 7.76. The summed E-state index contributed by atoms with van der Waals surface area (Å²) in [4.78, 5) is 65.0. The number of nitrogens with zero attached hydrogens (tertiary/aromatic N) is 5. The van der Waals surface area contributed by atoms with E-state index in [1.54, 1.807) is 0 Å². The first-order valence-electron chi connectivity index (χ1n) is 9.35. The standard InChI is InChI=1S/C16H16N6O10S3/c17-20-19-9-1-2-11(22(27)28)10(7-9)15(25)18-4-6-34-33-5-3-14(24)32-21-13(23)8-12(16(21)26)35(29,30)31/h1-2,7,12H,3-6,8H2,(H,18,25)(H,29,30,31)/t12-/m1/s1. The van der Waals surface area contributed by atoms with Crippen LogP contribution in [0.1, 0.15) is 23.2 Å². The quantitative estimate of drug-likeness (QED) is 0.0435. The van der Waals surface area contributed by atoms with Crippen LogP contribution in [0.25, 0.3) is 10.4 Å². The summed E-state index contributed by atoms with van der Waals surface area (Å²) in [6.45, 7) is 0.109. The van der Waals surface area contributed by atoms with Crippen LogP contribution in [0, 0.1) is 10.1 Å². The van der Waals surface area contributed by atoms with E-state index in [1.807, 2.05) is 0 Å². The lowest BCUT2D eigenvalue weighted by molar-refractivity contribution is -0.385. The molecule has 188 valence electrons. The molecular weight excluding hydrogens is 532 g/mol. The fraction of sp³-hybridized carbons (Fsp3) is 0.375. The van der Waals surface area contributed by atoms with Crippen LogP contribution in [-0.4, -0.2) is 69.9 Å². The number of carbonyl (C=O) groups excluding carboxylic acids is 4. The Morgan fingerprint density at radius 1 is 1.34 bits per heavy atom. The van der Waals surface area contributed by atoms with Crippen molar-refractivity contribution in [3.63, 3.8) is 0 Å². The fourth-order valence-electron chi connectivity index (χ4n) is 2.58. The third-order valence-corrected chi connectivity index (χ3v) is 7.64. The lowest BCUT2D eigenvalue weighted by Gasteiger charge is -2.13. The summed E-state index contributed by atoms with van der Waals surface area (Å²) < 4.78 is 31.1. The number of hydroxylamine groups is 2. The second-order valence-electron chi connectivity index (χ2n) is 6.50. The Hall–Kier alpha value is -3.38. The largest absolute Gasteiger partial charge is 0.351 e. The molecule has 0 spiro atoms. The molecule has 2 N–H and O–H groups in total. The molecule has 1 heterocycles. The van der Waals surface area contributed by atoms with Gasteiger partial charge in [0.25, 0.3) is 33.5 Å². The molecule has 1 aromatic carbocycles. The molecule has 0 aromatic heterocycles. The first-order valence-corrected chi connectivity index (χ1v) is 13.3. The fourth-order valence-corrected chi connectivity index (χ4v) is 5.16. The van der Waals surface area contributed by atoms with Crippen LogP contribution in [0.5, 0.6) is 0 Å². The second-order valence-corrected chi connectivity index (χ2v) is 10.8. The van der Waals surface area contributed by atoms with E-state index >= 15 is 0 Å². The molecule has 1 atom stereocenters. The number of imide groups is 1. The van der Waals surface area contributed by atoms with Crippen LogP contribution in [0.15, 0.2) is 23.3 Å². The maximum absolute atomic E-state index is 12.3. The Balaban J connectivity index is 1.72. The van der Waals surface area contributed by atoms with E-state index in [2.05, 4.69) is 20.2 Å². The van der Waals surface area contributed by atoms with Crippen molar-refractivity contribution >= 4 is 66.8 Å². The van der Waals surface area contributed by atoms with Crippen molar-refractivity contribution in [2.75, 3.05) is 18.1 Å². The normalized spacial score (nSPS) is 15.5. The van der Waals surface area contributed by atoms with Gasteiger partial charge in [0.15, 0.2) is 5.25 Å². The Labute approximate surface area is 204 Å². The molecule has 1 aliphatic heterocycles. The van der Waals surface area contributed by atoms with E-state index in [4.69, 9.17) is 10.1 Å². The Morgan fingerprint density at radius 3 is 2.63 bits per heavy atom. The van der Waals surface area contributed by atoms with Gasteiger partial charge in [-0.05, 0) is 17.7 Å². The number of carbonyl (C=O) groups is 4. The first kappa shape index (κ1) is 27.9. The number of amides is 3. The van der Waals surface area contributed by atoms with Gasteiger partial charge < -0.3 is 10.2 Å². The van der Waals surface area contributed by atoms with E-state index in [-0.39, 0.29) is 35.0 Å². The lowest BCUT2D eigenvalue weighted by Crippen LogP contribution is -2.36. The predicted octanol–water partition coefficient (Wildman–Crippen LogP) is 1.51. The zero-order chi connectivity index (χ0) is 26.2. The molecule has 0 bridgehead atoms. The maximum atomic E-state index is 12.3. The highest BCUT2D eigenvalue weighted by Crippen LogP contribution is 2.25. The van der Waals surface area contributed by atoms with Gasteiger partial charge in [0.05, 0.1) is 17.8 Å². The zero-order valence-electron chi connectivity index (χ0n) is 17.4. The minimum absolute atomic E-state index is 0.0181. The van der Waals surface area contributed by atoms with Crippen LogP contribution < -0.4 is 5.32 Å². The summed E-state index contributed by atoms with van der Waals surface area (Å²) in [6, 6.07) is 3.35. The summed E-state index contributed by atoms with van der Waals surface area (Å²) in [5, 5.41) is 14.9. The van der Waals surface area contributed by atoms with E-state index < -0.39 is 56.1 Å². The smallest absolute Gasteiger partial charge is 0.334 e. The van der Waals surface area contributed by atoms with Gasteiger partial charge in [0.2, 0.25) is 0 Å². The topological polar surface area (TPSA) is 239 Å². The zero-order valence-corrected chi connectivity index (χ0v) is 19.9. The molecule has 35 heavy (non-hydrogen) atoms. The van der Waals surface area contributed by atoms with Crippen LogP contribution in [0.3, 0.4) is 0 Å². The van der Waals surface area contributed by atoms with Crippen LogP contribution in [-0.2, 0) is 29.3 Å². The highest BCUT2D eigenvalue weighted by molar-refractivity contribution is 8.76. The van der Waals surface area contributed by atoms with Crippen molar-refractivity contribution in [2.45, 2.75) is 18.1 Å². The van der Waals surface area contributed by atoms with Gasteiger partial charge in [0, 0.05) is 34.7 Å². The molecule has 3 amide bonds. The first-order chi connectivity index (χ1) is 16.5. The molecule has 1 aliphatic rings. The van der Waals surface area contributed by atoms with E-state index in [0.29, 0.717) is 5.75 Å². The summed E-state index contributed by atoms with van der Waals surface area (Å²) in [6.07, 6.45) is -1.07. The van der Waals surface area contributed by atoms with Crippen molar-refractivity contribution in [1.82, 2.24) is 10.4 Å². The highest BCUT2D eigenvalue weighted by Gasteiger charge is 2.48. The number of nitro groups is 1. The molecule has 1 aromatic rings. The Morgan fingerprint density at radius 2 is 2.03 bits per heavy atom. The third kappa shape index (κ3) is 7.82. The Bertz CT molecular complexity index is 1200. The van der Waals surface area contributed by atoms with Gasteiger partial charge in [-0.3, -0.25) is 29.1 Å². The van der Waals surface area contributed by atoms with Crippen LogP contribution >= 0.6 is 21.6 Å². The molecule has 0 unspecified atom stereocenters. The molecule has 19 heteroatoms. The number of rotatable bonds is 12. The van der Waals surface area contributed by atoms with E-state index in [1.165, 1.54) is 27.7 Å². The number of hydrogen-bond donors (Lipinski definition) is 2. The average molecular weight is 549 g/mol. The van der Waals surface area contributed by atoms with Crippen molar-refractivity contribution in [2.24, 2.45) is 5.11 Å². The summed E-state index contributed by atoms with van der Waals surface area (Å²) in [5.74, 6) is -3.63. The van der Waals surface area contributed by atoms with Gasteiger partial charge in [0.1, 0.15) is 5.56 Å². The highest BCUT2D eigenvalue weighted by atomic mass is 33.1. The van der Waals surface area contributed by atoms with Gasteiger partial charge in [-0.1, -0.05) is 26.7 Å². The van der Waals surface area contributed by atoms with Crippen molar-refractivity contribution < 1.29 is 41.9 Å². The van der Waals surface area contributed by atoms with Crippen molar-refractivity contribution in [3.05, 3.63) is 44.3 Å². The predicted molar refractivity (Wildman–Crippen MR) is 122 cm³/mol. The summed E-state index contributed by atoms with van der Waals surface area (Å²) >= 11 is 0. The summed E-state index contributed by atoms with van der Waals surface area (Å²) in [7, 11) is -2.39. The maximum Gasteiger partial charge on any atom is 0.334 e. The van der Waals surface area contributed by atoms with Crippen LogP contribution in [0.2, 0.25) is 0 Å². The minimum atomic E-state index is -4.81. The number of azide groups is 1. The van der Waals surface area contributed by atoms with Gasteiger partial charge in [-0.15, -0.1) is 5.06 Å². The van der Waals surface area contributed by atoms with Gasteiger partial charge in [-0.25, -0.2) is 4.79 Å². The second kappa shape index (κ2) is 12.4. The molecule has 0 aliphatic carbocycles. The minimum Gasteiger partial charge on any atom is -0.351 e. The number of nitrogens with one attached hydrogen (secondary N) is 1. The number of hydrogen-bond acceptors (Lipinski definition) is 12. The van der Waals surface area contributed by atoms with E-state index in [0.717, 1.165) is 12.1 Å². The molecule has 2 rings (SSSR count). The molecule has 16 nitrogen and oxygen atoms in total. The third-order valence-electron chi connectivity index (χ3n) is 4.14. The molecule has 1 saturated heterocycles.